The lowest BCUT2D eigenvalue weighted by atomic mass is 9.96. The Morgan fingerprint density at radius 2 is 1.84 bits per heavy atom. The van der Waals surface area contributed by atoms with Gasteiger partial charge >= 0.3 is 0 Å². The fourth-order valence-electron chi connectivity index (χ4n) is 2.41. The smallest absolute Gasteiger partial charge is 0.184 e. The number of aliphatic hydroxyl groups is 2. The van der Waals surface area contributed by atoms with Crippen LogP contribution in [0.5, 0.6) is 0 Å². The molecule has 6 heteroatoms. The molecule has 0 amide bonds. The highest BCUT2D eigenvalue weighted by atomic mass is 16.7. The quantitative estimate of drug-likeness (QED) is 0.635. The Bertz CT molecular complexity index is 426. The maximum atomic E-state index is 10.1. The van der Waals surface area contributed by atoms with Gasteiger partial charge in [0.15, 0.2) is 12.6 Å². The van der Waals surface area contributed by atoms with E-state index in [-0.39, 0.29) is 6.61 Å². The summed E-state index contributed by atoms with van der Waals surface area (Å²) >= 11 is 0. The predicted octanol–water partition coefficient (Wildman–Crippen LogP) is -0.494. The highest BCUT2D eigenvalue weighted by molar-refractivity contribution is 5.16. The zero-order valence-electron chi connectivity index (χ0n) is 10.3. The van der Waals surface area contributed by atoms with Gasteiger partial charge in [-0.3, -0.25) is 0 Å². The standard InChI is InChI=1S/C13H17NO5/c14-9-10(15)11-8(18-12(9)16)6-17-13(19-11)7-4-2-1-3-5-7/h1-5,8-13,15-16H,6,14H2/t8-,9-,10-,11-,12+,13?/m1/s1. The lowest BCUT2D eigenvalue weighted by molar-refractivity contribution is -0.335. The van der Waals surface area contributed by atoms with Crippen molar-refractivity contribution < 1.29 is 24.4 Å². The molecule has 2 saturated heterocycles. The van der Waals surface area contributed by atoms with E-state index >= 15 is 0 Å². The first-order valence-corrected chi connectivity index (χ1v) is 6.26. The molecule has 6 atom stereocenters. The molecule has 0 bridgehead atoms. The van der Waals surface area contributed by atoms with Gasteiger partial charge in [0.25, 0.3) is 0 Å². The van der Waals surface area contributed by atoms with E-state index in [1.54, 1.807) is 0 Å². The van der Waals surface area contributed by atoms with Crippen LogP contribution in [0.4, 0.5) is 0 Å². The van der Waals surface area contributed by atoms with Gasteiger partial charge in [0.1, 0.15) is 18.3 Å². The Kier molecular flexibility index (Phi) is 3.53. The van der Waals surface area contributed by atoms with Gasteiger partial charge in [0, 0.05) is 5.56 Å². The fraction of sp³-hybridized carbons (Fsp3) is 0.538. The van der Waals surface area contributed by atoms with E-state index < -0.39 is 36.9 Å². The summed E-state index contributed by atoms with van der Waals surface area (Å²) in [7, 11) is 0. The second-order valence-electron chi connectivity index (χ2n) is 4.81. The fourth-order valence-corrected chi connectivity index (χ4v) is 2.41. The van der Waals surface area contributed by atoms with Crippen LogP contribution >= 0.6 is 0 Å². The molecular formula is C13H17NO5. The van der Waals surface area contributed by atoms with Crippen molar-refractivity contribution in [3.8, 4) is 0 Å². The molecule has 19 heavy (non-hydrogen) atoms. The normalized spacial score (nSPS) is 42.7. The summed E-state index contributed by atoms with van der Waals surface area (Å²) in [5, 5.41) is 19.6. The number of benzene rings is 1. The van der Waals surface area contributed by atoms with Crippen LogP contribution in [0.2, 0.25) is 0 Å². The van der Waals surface area contributed by atoms with E-state index in [0.717, 1.165) is 5.56 Å². The number of aliphatic hydroxyl groups excluding tert-OH is 2. The SMILES string of the molecule is N[C@@H]1[C@@H](O)[C@@H]2OC(c3ccccc3)OC[C@H]2O[C@@H]1O. The van der Waals surface area contributed by atoms with Gasteiger partial charge in [-0.2, -0.15) is 0 Å². The first kappa shape index (κ1) is 13.0. The number of hydrogen-bond acceptors (Lipinski definition) is 6. The predicted molar refractivity (Wildman–Crippen MR) is 64.9 cm³/mol. The average molecular weight is 267 g/mol. The molecule has 1 aromatic carbocycles. The van der Waals surface area contributed by atoms with Crippen LogP contribution in [0.15, 0.2) is 30.3 Å². The Balaban J connectivity index is 1.75. The van der Waals surface area contributed by atoms with E-state index in [9.17, 15) is 10.2 Å². The number of nitrogens with two attached hydrogens (primary N) is 1. The Morgan fingerprint density at radius 1 is 1.11 bits per heavy atom. The zero-order chi connectivity index (χ0) is 13.4. The summed E-state index contributed by atoms with van der Waals surface area (Å²) in [6.07, 6.45) is -3.84. The maximum Gasteiger partial charge on any atom is 0.184 e. The van der Waals surface area contributed by atoms with Crippen LogP contribution in [-0.4, -0.2) is 47.5 Å². The van der Waals surface area contributed by atoms with Gasteiger partial charge in [-0.05, 0) is 0 Å². The van der Waals surface area contributed by atoms with Crippen molar-refractivity contribution in [1.29, 1.82) is 0 Å². The van der Waals surface area contributed by atoms with Crippen molar-refractivity contribution in [1.82, 2.24) is 0 Å². The molecule has 0 spiro atoms. The van der Waals surface area contributed by atoms with Crippen LogP contribution in [0.25, 0.3) is 0 Å². The van der Waals surface area contributed by atoms with Crippen molar-refractivity contribution in [2.75, 3.05) is 6.61 Å². The highest BCUT2D eigenvalue weighted by Gasteiger charge is 2.47. The van der Waals surface area contributed by atoms with E-state index in [2.05, 4.69) is 0 Å². The molecule has 0 aliphatic carbocycles. The molecule has 0 aromatic heterocycles. The molecule has 2 aliphatic heterocycles. The third-order valence-electron chi connectivity index (χ3n) is 3.51. The van der Waals surface area contributed by atoms with Gasteiger partial charge in [-0.1, -0.05) is 30.3 Å². The summed E-state index contributed by atoms with van der Waals surface area (Å²) in [6.45, 7) is 0.241. The third kappa shape index (κ3) is 2.38. The Labute approximate surface area is 110 Å². The molecule has 2 fully saturated rings. The van der Waals surface area contributed by atoms with Crippen LogP contribution in [0.3, 0.4) is 0 Å². The topological polar surface area (TPSA) is 94.2 Å². The minimum atomic E-state index is -1.20. The lowest BCUT2D eigenvalue weighted by Crippen LogP contribution is -2.64. The number of ether oxygens (including phenoxy) is 3. The molecule has 1 aromatic rings. The second-order valence-corrected chi connectivity index (χ2v) is 4.81. The molecule has 2 heterocycles. The first-order chi connectivity index (χ1) is 9.16. The Morgan fingerprint density at radius 3 is 2.58 bits per heavy atom. The van der Waals surface area contributed by atoms with E-state index in [4.69, 9.17) is 19.9 Å². The molecular weight excluding hydrogens is 250 g/mol. The van der Waals surface area contributed by atoms with E-state index in [1.165, 1.54) is 0 Å². The van der Waals surface area contributed by atoms with Crippen LogP contribution in [0.1, 0.15) is 11.9 Å². The summed E-state index contributed by atoms with van der Waals surface area (Å²) in [5.41, 5.74) is 6.54. The van der Waals surface area contributed by atoms with Crippen LogP contribution in [0, 0.1) is 0 Å². The average Bonchev–Trinajstić information content (AvgIpc) is 2.46. The molecule has 2 aliphatic rings. The largest absolute Gasteiger partial charge is 0.388 e. The highest BCUT2D eigenvalue weighted by Crippen LogP contribution is 2.32. The molecule has 0 radical (unpaired) electrons. The van der Waals surface area contributed by atoms with Gasteiger partial charge in [-0.25, -0.2) is 0 Å². The zero-order valence-corrected chi connectivity index (χ0v) is 10.3. The minimum Gasteiger partial charge on any atom is -0.388 e. The van der Waals surface area contributed by atoms with Gasteiger partial charge < -0.3 is 30.2 Å². The molecule has 4 N–H and O–H groups in total. The summed E-state index contributed by atoms with van der Waals surface area (Å²) in [4.78, 5) is 0. The monoisotopic (exact) mass is 267 g/mol. The van der Waals surface area contributed by atoms with Crippen molar-refractivity contribution in [2.45, 2.75) is 36.9 Å². The van der Waals surface area contributed by atoms with Crippen molar-refractivity contribution in [3.63, 3.8) is 0 Å². The molecule has 3 rings (SSSR count). The van der Waals surface area contributed by atoms with Crippen molar-refractivity contribution >= 4 is 0 Å². The molecule has 104 valence electrons. The summed E-state index contributed by atoms with van der Waals surface area (Å²) in [6, 6.07) is 8.57. The van der Waals surface area contributed by atoms with Gasteiger partial charge in [0.05, 0.1) is 12.6 Å². The molecule has 0 saturated carbocycles. The lowest BCUT2D eigenvalue weighted by Gasteiger charge is -2.45. The number of rotatable bonds is 1. The van der Waals surface area contributed by atoms with E-state index in [0.29, 0.717) is 0 Å². The number of hydrogen-bond donors (Lipinski definition) is 3. The first-order valence-electron chi connectivity index (χ1n) is 6.26. The van der Waals surface area contributed by atoms with Gasteiger partial charge in [0.2, 0.25) is 0 Å². The maximum absolute atomic E-state index is 10.1. The van der Waals surface area contributed by atoms with Crippen molar-refractivity contribution in [2.24, 2.45) is 5.73 Å². The second kappa shape index (κ2) is 5.16. The third-order valence-corrected chi connectivity index (χ3v) is 3.51. The summed E-state index contributed by atoms with van der Waals surface area (Å²) in [5.74, 6) is 0. The minimum absolute atomic E-state index is 0.241. The van der Waals surface area contributed by atoms with Crippen LogP contribution < -0.4 is 5.73 Å². The number of fused-ring (bicyclic) bond motifs is 1. The summed E-state index contributed by atoms with van der Waals surface area (Å²) < 4.78 is 16.6. The molecule has 6 nitrogen and oxygen atoms in total. The van der Waals surface area contributed by atoms with Crippen LogP contribution in [-0.2, 0) is 14.2 Å². The molecule has 1 unspecified atom stereocenters. The van der Waals surface area contributed by atoms with Crippen molar-refractivity contribution in [3.05, 3.63) is 35.9 Å². The van der Waals surface area contributed by atoms with Gasteiger partial charge in [-0.15, -0.1) is 0 Å². The Hall–Kier alpha value is -1.02. The van der Waals surface area contributed by atoms with E-state index in [1.807, 2.05) is 30.3 Å².